The van der Waals surface area contributed by atoms with Crippen molar-refractivity contribution < 1.29 is 0 Å². The minimum Gasteiger partial charge on any atom is -0.309 e. The number of rotatable bonds is 9. The van der Waals surface area contributed by atoms with Crippen LogP contribution in [0.4, 0.5) is 34.1 Å². The van der Waals surface area contributed by atoms with Gasteiger partial charge in [-0.25, -0.2) is 0 Å². The summed E-state index contributed by atoms with van der Waals surface area (Å²) >= 11 is 0. The van der Waals surface area contributed by atoms with Crippen molar-refractivity contribution in [3.63, 3.8) is 0 Å². The standard InChI is InChI=1S/C75H54N2/c1-49-33-40-56(41-34-49)76(55-21-5-4-6-22-55)74-66-29-15-11-25-61(66)71(62-26-12-16-30-67(62)74)54-39-46-65(72-59-23-9-7-19-52(59)47-53-20-8-10-24-60(53)72)70(48-54)73-63-27-13-17-31-68(63)75(69-32-18-14-28-64(69)73)77(57-42-35-50(2)36-43-57)58-44-37-51(3)38-45-58/h4-48H,1-3H3. The minimum absolute atomic E-state index is 1.11. The molecule has 0 unspecified atom stereocenters. The molecule has 14 rings (SSSR count). The molecule has 2 heteroatoms. The first-order valence-electron chi connectivity index (χ1n) is 26.7. The average Bonchev–Trinajstić information content (AvgIpc) is 3.53. The molecule has 0 spiro atoms. The molecule has 0 aliphatic rings. The van der Waals surface area contributed by atoms with Crippen LogP contribution in [0.3, 0.4) is 0 Å². The molecule has 0 heterocycles. The number of nitrogens with zero attached hydrogens (tertiary/aromatic N) is 2. The SMILES string of the molecule is Cc1ccc(N(c2ccccc2)c2c3ccccc3c(-c3ccc(-c4c5ccccc5cc5ccccc45)c(-c4c5ccccc5c(N(c5ccc(C)cc5)c5ccc(C)cc5)c5ccccc45)c3)c3ccccc23)cc1. The van der Waals surface area contributed by atoms with Crippen molar-refractivity contribution in [1.29, 1.82) is 0 Å². The average molecular weight is 983 g/mol. The molecule has 364 valence electrons. The van der Waals surface area contributed by atoms with Crippen molar-refractivity contribution in [2.45, 2.75) is 20.8 Å². The number of benzene rings is 14. The first-order chi connectivity index (χ1) is 38.0. The maximum Gasteiger partial charge on any atom is 0.0618 e. The van der Waals surface area contributed by atoms with Crippen LogP contribution in [0.25, 0.3) is 98.0 Å². The van der Waals surface area contributed by atoms with Gasteiger partial charge in [0.1, 0.15) is 0 Å². The Kier molecular flexibility index (Phi) is 11.2. The zero-order chi connectivity index (χ0) is 51.6. The highest BCUT2D eigenvalue weighted by Crippen LogP contribution is 2.54. The van der Waals surface area contributed by atoms with Gasteiger partial charge in [-0.2, -0.15) is 0 Å². The van der Waals surface area contributed by atoms with Crippen molar-refractivity contribution in [2.75, 3.05) is 9.80 Å². The smallest absolute Gasteiger partial charge is 0.0618 e. The predicted octanol–water partition coefficient (Wildman–Crippen LogP) is 21.5. The van der Waals surface area contributed by atoms with E-state index in [0.29, 0.717) is 0 Å². The van der Waals surface area contributed by atoms with Crippen molar-refractivity contribution in [1.82, 2.24) is 0 Å². The van der Waals surface area contributed by atoms with E-state index >= 15 is 0 Å². The molecule has 0 N–H and O–H groups in total. The van der Waals surface area contributed by atoms with Crippen LogP contribution in [-0.2, 0) is 0 Å². The third kappa shape index (κ3) is 7.80. The molecule has 0 atom stereocenters. The number of hydrogen-bond donors (Lipinski definition) is 0. The van der Waals surface area contributed by atoms with E-state index in [1.54, 1.807) is 0 Å². The van der Waals surface area contributed by atoms with Crippen LogP contribution in [0.5, 0.6) is 0 Å². The summed E-state index contributed by atoms with van der Waals surface area (Å²) in [5, 5.41) is 14.4. The van der Waals surface area contributed by atoms with E-state index in [0.717, 1.165) is 39.7 Å². The van der Waals surface area contributed by atoms with Crippen molar-refractivity contribution in [2.24, 2.45) is 0 Å². The fourth-order valence-electron chi connectivity index (χ4n) is 12.2. The van der Waals surface area contributed by atoms with E-state index in [1.807, 2.05) is 0 Å². The third-order valence-electron chi connectivity index (χ3n) is 15.8. The number of anilines is 6. The second-order valence-corrected chi connectivity index (χ2v) is 20.6. The predicted molar refractivity (Wildman–Crippen MR) is 331 cm³/mol. The molecule has 0 aliphatic carbocycles. The van der Waals surface area contributed by atoms with Crippen LogP contribution in [0.1, 0.15) is 16.7 Å². The highest BCUT2D eigenvalue weighted by molar-refractivity contribution is 6.27. The molecule has 77 heavy (non-hydrogen) atoms. The first-order valence-corrected chi connectivity index (χ1v) is 26.7. The van der Waals surface area contributed by atoms with E-state index in [1.165, 1.54) is 109 Å². The molecule has 0 bridgehead atoms. The van der Waals surface area contributed by atoms with E-state index in [2.05, 4.69) is 304 Å². The number of hydrogen-bond acceptors (Lipinski definition) is 2. The monoisotopic (exact) mass is 982 g/mol. The summed E-state index contributed by atoms with van der Waals surface area (Å²) in [4.78, 5) is 4.92. The Morgan fingerprint density at radius 2 is 0.532 bits per heavy atom. The minimum atomic E-state index is 1.11. The maximum absolute atomic E-state index is 2.53. The molecule has 0 aromatic heterocycles. The van der Waals surface area contributed by atoms with Gasteiger partial charge >= 0.3 is 0 Å². The number of para-hydroxylation sites is 1. The number of fused-ring (bicyclic) bond motifs is 6. The van der Waals surface area contributed by atoms with Gasteiger partial charge in [-0.05, 0) is 158 Å². The van der Waals surface area contributed by atoms with Gasteiger partial charge in [-0.15, -0.1) is 0 Å². The fourth-order valence-corrected chi connectivity index (χ4v) is 12.2. The Bertz CT molecular complexity index is 4360. The number of aryl methyl sites for hydroxylation is 3. The lowest BCUT2D eigenvalue weighted by Gasteiger charge is -2.30. The summed E-state index contributed by atoms with van der Waals surface area (Å²) in [6.07, 6.45) is 0. The largest absolute Gasteiger partial charge is 0.309 e. The topological polar surface area (TPSA) is 6.48 Å². The Morgan fingerprint density at radius 1 is 0.221 bits per heavy atom. The molecule has 0 amide bonds. The van der Waals surface area contributed by atoms with Crippen LogP contribution in [0.2, 0.25) is 0 Å². The lowest BCUT2D eigenvalue weighted by atomic mass is 9.81. The molecule has 0 radical (unpaired) electrons. The second kappa shape index (κ2) is 18.9. The van der Waals surface area contributed by atoms with Gasteiger partial charge in [-0.1, -0.05) is 229 Å². The molecule has 14 aromatic carbocycles. The molecule has 0 aliphatic heterocycles. The van der Waals surface area contributed by atoms with Crippen LogP contribution < -0.4 is 9.80 Å². The fraction of sp³-hybridized carbons (Fsp3) is 0.0400. The third-order valence-corrected chi connectivity index (χ3v) is 15.8. The molecule has 0 saturated carbocycles. The Hall–Kier alpha value is -9.76. The zero-order valence-corrected chi connectivity index (χ0v) is 43.4. The Morgan fingerprint density at radius 3 is 0.935 bits per heavy atom. The van der Waals surface area contributed by atoms with Crippen LogP contribution >= 0.6 is 0 Å². The van der Waals surface area contributed by atoms with Gasteiger partial charge in [-0.3, -0.25) is 0 Å². The molecular formula is C75H54N2. The normalized spacial score (nSPS) is 11.6. The van der Waals surface area contributed by atoms with Gasteiger partial charge in [0.05, 0.1) is 11.4 Å². The van der Waals surface area contributed by atoms with Crippen LogP contribution in [-0.4, -0.2) is 0 Å². The summed E-state index contributed by atoms with van der Waals surface area (Å²) in [5.41, 5.74) is 17.6. The lowest BCUT2D eigenvalue weighted by Crippen LogP contribution is -2.11. The Balaban J connectivity index is 1.12. The van der Waals surface area contributed by atoms with Crippen molar-refractivity contribution >= 4 is 98.8 Å². The molecule has 2 nitrogen and oxygen atoms in total. The summed E-state index contributed by atoms with van der Waals surface area (Å²) in [7, 11) is 0. The van der Waals surface area contributed by atoms with Gasteiger partial charge in [0.2, 0.25) is 0 Å². The van der Waals surface area contributed by atoms with Gasteiger partial charge in [0.15, 0.2) is 0 Å². The zero-order valence-electron chi connectivity index (χ0n) is 43.4. The van der Waals surface area contributed by atoms with Crippen molar-refractivity contribution in [3.8, 4) is 33.4 Å². The molecule has 14 aromatic rings. The van der Waals surface area contributed by atoms with E-state index in [4.69, 9.17) is 0 Å². The van der Waals surface area contributed by atoms with Crippen LogP contribution in [0.15, 0.2) is 273 Å². The summed E-state index contributed by atoms with van der Waals surface area (Å²) in [5.74, 6) is 0. The highest BCUT2D eigenvalue weighted by Gasteiger charge is 2.27. The van der Waals surface area contributed by atoms with E-state index in [-0.39, 0.29) is 0 Å². The molecular weight excluding hydrogens is 929 g/mol. The molecule has 0 fully saturated rings. The summed E-state index contributed by atoms with van der Waals surface area (Å²) in [6.45, 7) is 6.48. The van der Waals surface area contributed by atoms with Gasteiger partial charge in [0.25, 0.3) is 0 Å². The van der Waals surface area contributed by atoms with E-state index in [9.17, 15) is 0 Å². The van der Waals surface area contributed by atoms with Gasteiger partial charge < -0.3 is 9.80 Å². The second-order valence-electron chi connectivity index (χ2n) is 20.6. The quantitative estimate of drug-likeness (QED) is 0.133. The Labute approximate surface area is 450 Å². The van der Waals surface area contributed by atoms with Crippen molar-refractivity contribution in [3.05, 3.63) is 290 Å². The molecule has 0 saturated heterocycles. The summed E-state index contributed by atoms with van der Waals surface area (Å²) in [6, 6.07) is 102. The van der Waals surface area contributed by atoms with Gasteiger partial charge in [0, 0.05) is 44.3 Å². The highest BCUT2D eigenvalue weighted by atomic mass is 15.2. The maximum atomic E-state index is 2.53. The summed E-state index contributed by atoms with van der Waals surface area (Å²) < 4.78 is 0. The first kappa shape index (κ1) is 45.8. The lowest BCUT2D eigenvalue weighted by molar-refractivity contribution is 1.29. The van der Waals surface area contributed by atoms with E-state index < -0.39 is 0 Å². The van der Waals surface area contributed by atoms with Crippen LogP contribution in [0, 0.1) is 20.8 Å².